The second kappa shape index (κ2) is 9.44. The first-order chi connectivity index (χ1) is 17.4. The Labute approximate surface area is 206 Å². The number of carbonyl (C=O) groups excluding carboxylic acids is 2. The average Bonchev–Trinajstić information content (AvgIpc) is 3.34. The van der Waals surface area contributed by atoms with Crippen LogP contribution in [0.3, 0.4) is 0 Å². The average molecular weight is 492 g/mol. The fourth-order valence-electron chi connectivity index (χ4n) is 4.97. The molecule has 0 spiro atoms. The maximum absolute atomic E-state index is 13.5. The molecule has 5 rings (SSSR count). The minimum absolute atomic E-state index is 0.0115. The third kappa shape index (κ3) is 4.19. The van der Waals surface area contributed by atoms with E-state index in [1.807, 2.05) is 0 Å². The minimum atomic E-state index is -1.01. The molecule has 0 radical (unpaired) electrons. The molecule has 0 aromatic heterocycles. The van der Waals surface area contributed by atoms with E-state index in [0.29, 0.717) is 41.3 Å². The van der Waals surface area contributed by atoms with Crippen LogP contribution in [0.4, 0.5) is 5.69 Å². The van der Waals surface area contributed by atoms with E-state index in [1.54, 1.807) is 38.3 Å². The third-order valence-corrected chi connectivity index (χ3v) is 6.68. The summed E-state index contributed by atoms with van der Waals surface area (Å²) in [4.78, 5) is 42.8. The van der Waals surface area contributed by atoms with Crippen LogP contribution in [-0.4, -0.2) is 36.3 Å². The van der Waals surface area contributed by atoms with E-state index in [0.717, 1.165) is 5.56 Å². The van der Waals surface area contributed by atoms with Crippen molar-refractivity contribution in [2.24, 2.45) is 10.9 Å². The summed E-state index contributed by atoms with van der Waals surface area (Å²) >= 11 is 0. The smallest absolute Gasteiger partial charge is 0.315 e. The Hall–Kier alpha value is -4.21. The van der Waals surface area contributed by atoms with E-state index < -0.39 is 22.7 Å². The summed E-state index contributed by atoms with van der Waals surface area (Å²) in [6.45, 7) is 1.61. The fourth-order valence-corrected chi connectivity index (χ4v) is 4.97. The quantitative estimate of drug-likeness (QED) is 0.333. The number of fused-ring (bicyclic) bond motifs is 1. The first kappa shape index (κ1) is 23.5. The van der Waals surface area contributed by atoms with Crippen molar-refractivity contribution in [2.45, 2.75) is 38.7 Å². The van der Waals surface area contributed by atoms with Crippen LogP contribution in [0.15, 0.2) is 52.7 Å². The molecule has 2 aromatic rings. The Morgan fingerprint density at radius 3 is 2.58 bits per heavy atom. The van der Waals surface area contributed by atoms with Gasteiger partial charge in [0.15, 0.2) is 17.3 Å². The standard InChI is InChI=1S/C26H24N2O8/c1-14-23(26(30)34-12-15-6-8-16(33-2)9-7-15)24(25-18(27-14)4-3-5-20(25)29)17-10-21-22(36-13-35-21)11-19(17)28(31)32/h6-11,23-24H,3-5,12-13H2,1-2H3/t23?,24-/m0/s1. The summed E-state index contributed by atoms with van der Waals surface area (Å²) in [5.41, 5.74) is 2.04. The van der Waals surface area contributed by atoms with Crippen LogP contribution in [0.5, 0.6) is 17.2 Å². The number of nitro groups is 1. The number of ether oxygens (including phenoxy) is 4. The molecule has 0 amide bonds. The molecule has 0 N–H and O–H groups in total. The molecule has 0 fully saturated rings. The van der Waals surface area contributed by atoms with Gasteiger partial charge in [0.05, 0.1) is 18.1 Å². The van der Waals surface area contributed by atoms with Crippen LogP contribution >= 0.6 is 0 Å². The van der Waals surface area contributed by atoms with Crippen LogP contribution in [0.25, 0.3) is 0 Å². The molecule has 0 bridgehead atoms. The first-order valence-electron chi connectivity index (χ1n) is 11.6. The number of ketones is 1. The monoisotopic (exact) mass is 492 g/mol. The van der Waals surface area contributed by atoms with E-state index in [-0.39, 0.29) is 42.6 Å². The summed E-state index contributed by atoms with van der Waals surface area (Å²) < 4.78 is 21.6. The molecule has 36 heavy (non-hydrogen) atoms. The Morgan fingerprint density at radius 1 is 1.17 bits per heavy atom. The number of hydrogen-bond donors (Lipinski definition) is 0. The number of hydrogen-bond acceptors (Lipinski definition) is 9. The zero-order valence-corrected chi connectivity index (χ0v) is 19.8. The summed E-state index contributed by atoms with van der Waals surface area (Å²) in [7, 11) is 1.56. The minimum Gasteiger partial charge on any atom is -0.497 e. The maximum atomic E-state index is 13.5. The molecular weight excluding hydrogens is 468 g/mol. The van der Waals surface area contributed by atoms with Gasteiger partial charge in [-0.2, -0.15) is 0 Å². The number of aliphatic imine (C=N–C) groups is 1. The van der Waals surface area contributed by atoms with Gasteiger partial charge in [0.2, 0.25) is 6.79 Å². The molecule has 2 heterocycles. The van der Waals surface area contributed by atoms with Gasteiger partial charge in [-0.15, -0.1) is 0 Å². The van der Waals surface area contributed by atoms with Gasteiger partial charge in [0, 0.05) is 34.9 Å². The van der Waals surface area contributed by atoms with E-state index in [4.69, 9.17) is 18.9 Å². The largest absolute Gasteiger partial charge is 0.497 e. The molecule has 1 unspecified atom stereocenters. The SMILES string of the molecule is COc1ccc(COC(=O)C2C(C)=NC3=C(C(=O)CCC3)[C@H]2c2cc3c(cc2[N+](=O)[O-])OCO3)cc1. The Bertz CT molecular complexity index is 1310. The topological polar surface area (TPSA) is 127 Å². The highest BCUT2D eigenvalue weighted by Gasteiger charge is 2.46. The van der Waals surface area contributed by atoms with E-state index in [2.05, 4.69) is 4.99 Å². The molecule has 2 atom stereocenters. The molecule has 0 saturated carbocycles. The highest BCUT2D eigenvalue weighted by atomic mass is 16.7. The van der Waals surface area contributed by atoms with Gasteiger partial charge >= 0.3 is 5.97 Å². The van der Waals surface area contributed by atoms with Crippen molar-refractivity contribution < 1.29 is 33.5 Å². The lowest BCUT2D eigenvalue weighted by Gasteiger charge is -2.34. The van der Waals surface area contributed by atoms with Crippen LogP contribution in [0.2, 0.25) is 0 Å². The van der Waals surface area contributed by atoms with Crippen molar-refractivity contribution in [3.05, 3.63) is 68.9 Å². The Balaban J connectivity index is 1.56. The number of rotatable bonds is 6. The van der Waals surface area contributed by atoms with Gasteiger partial charge in [-0.05, 0) is 43.5 Å². The summed E-state index contributed by atoms with van der Waals surface area (Å²) in [5.74, 6) is -1.48. The number of nitrogens with zero attached hydrogens (tertiary/aromatic N) is 2. The predicted molar refractivity (Wildman–Crippen MR) is 127 cm³/mol. The van der Waals surface area contributed by atoms with Crippen LogP contribution in [0, 0.1) is 16.0 Å². The highest BCUT2D eigenvalue weighted by Crippen LogP contribution is 2.49. The van der Waals surface area contributed by atoms with Crippen molar-refractivity contribution in [1.29, 1.82) is 0 Å². The molecule has 10 nitrogen and oxygen atoms in total. The van der Waals surface area contributed by atoms with Gasteiger partial charge in [-0.25, -0.2) is 0 Å². The second-order valence-electron chi connectivity index (χ2n) is 8.82. The molecule has 3 aliphatic rings. The number of esters is 1. The number of carbonyl (C=O) groups is 2. The van der Waals surface area contributed by atoms with E-state index in [1.165, 1.54) is 12.1 Å². The first-order valence-corrected chi connectivity index (χ1v) is 11.6. The lowest BCUT2D eigenvalue weighted by atomic mass is 9.71. The lowest BCUT2D eigenvalue weighted by Crippen LogP contribution is -2.37. The van der Waals surface area contributed by atoms with Gasteiger partial charge in [0.1, 0.15) is 18.3 Å². The number of Topliss-reactive ketones (excluding diaryl/α,β-unsaturated/α-hetero) is 1. The van der Waals surface area contributed by atoms with Crippen LogP contribution in [0.1, 0.15) is 43.2 Å². The van der Waals surface area contributed by atoms with Crippen molar-refractivity contribution in [3.8, 4) is 17.2 Å². The van der Waals surface area contributed by atoms with Gasteiger partial charge in [-0.3, -0.25) is 24.7 Å². The molecule has 2 aliphatic heterocycles. The van der Waals surface area contributed by atoms with E-state index >= 15 is 0 Å². The van der Waals surface area contributed by atoms with Crippen molar-refractivity contribution in [3.63, 3.8) is 0 Å². The van der Waals surface area contributed by atoms with Crippen LogP contribution < -0.4 is 14.2 Å². The fraction of sp³-hybridized carbons (Fsp3) is 0.346. The molecule has 2 aromatic carbocycles. The number of benzene rings is 2. The maximum Gasteiger partial charge on any atom is 0.315 e. The molecule has 0 saturated heterocycles. The van der Waals surface area contributed by atoms with Gasteiger partial charge in [-0.1, -0.05) is 12.1 Å². The number of allylic oxidation sites excluding steroid dienone is 2. The number of methoxy groups -OCH3 is 1. The second-order valence-corrected chi connectivity index (χ2v) is 8.82. The normalized spacial score (nSPS) is 20.5. The summed E-state index contributed by atoms with van der Waals surface area (Å²) in [5, 5.41) is 12.1. The lowest BCUT2D eigenvalue weighted by molar-refractivity contribution is -0.385. The zero-order valence-electron chi connectivity index (χ0n) is 19.8. The van der Waals surface area contributed by atoms with Crippen LogP contribution in [-0.2, 0) is 20.9 Å². The zero-order chi connectivity index (χ0) is 25.4. The molecule has 1 aliphatic carbocycles. The summed E-state index contributed by atoms with van der Waals surface area (Å²) in [6.07, 6.45) is 1.48. The summed E-state index contributed by atoms with van der Waals surface area (Å²) in [6, 6.07) is 9.85. The van der Waals surface area contributed by atoms with Crippen molar-refractivity contribution in [2.75, 3.05) is 13.9 Å². The highest BCUT2D eigenvalue weighted by molar-refractivity contribution is 6.09. The van der Waals surface area contributed by atoms with Gasteiger partial charge in [0.25, 0.3) is 5.69 Å². The Morgan fingerprint density at radius 2 is 1.89 bits per heavy atom. The number of nitro benzene ring substituents is 1. The Kier molecular flexibility index (Phi) is 6.17. The third-order valence-electron chi connectivity index (χ3n) is 6.68. The molecule has 186 valence electrons. The van der Waals surface area contributed by atoms with Crippen molar-refractivity contribution in [1.82, 2.24) is 0 Å². The molecular formula is C26H24N2O8. The molecule has 10 heteroatoms. The van der Waals surface area contributed by atoms with E-state index in [9.17, 15) is 19.7 Å². The van der Waals surface area contributed by atoms with Crippen molar-refractivity contribution >= 4 is 23.2 Å². The predicted octanol–water partition coefficient (Wildman–Crippen LogP) is 4.26. The van der Waals surface area contributed by atoms with Gasteiger partial charge < -0.3 is 18.9 Å².